The molecule has 0 bridgehead atoms. The van der Waals surface area contributed by atoms with Crippen molar-refractivity contribution in [1.29, 1.82) is 0 Å². The normalized spacial score (nSPS) is 11.1. The molecule has 0 atom stereocenters. The van der Waals surface area contributed by atoms with Crippen LogP contribution in [0, 0.1) is 6.92 Å². The van der Waals surface area contributed by atoms with Gasteiger partial charge in [-0.05, 0) is 54.4 Å². The van der Waals surface area contributed by atoms with Crippen LogP contribution in [0.4, 0.5) is 0 Å². The summed E-state index contributed by atoms with van der Waals surface area (Å²) in [6, 6.07) is 22.3. The van der Waals surface area contributed by atoms with Crippen LogP contribution in [0.1, 0.15) is 21.9 Å². The number of fused-ring (bicyclic) bond motifs is 1. The van der Waals surface area contributed by atoms with Gasteiger partial charge in [0.2, 0.25) is 0 Å². The van der Waals surface area contributed by atoms with E-state index in [1.54, 1.807) is 34.9 Å². The standard InChI is InChI=1S/C30H24N6O3/c1-20-32-28-27(17-34-16-15-31-19-34)33-36(24-11-13-25(39-2)14-12-24)29(28)30(38)35(20)23-9-7-21(8-10-23)26-6-4-3-5-22(26)18-37/h3-16,18-19H,17H2,1-2H3. The zero-order valence-electron chi connectivity index (χ0n) is 21.4. The van der Waals surface area contributed by atoms with Crippen LogP contribution in [0.25, 0.3) is 33.5 Å². The first-order chi connectivity index (χ1) is 19.1. The number of hydrogen-bond donors (Lipinski definition) is 0. The highest BCUT2D eigenvalue weighted by Gasteiger charge is 2.21. The number of methoxy groups -OCH3 is 1. The van der Waals surface area contributed by atoms with Crippen molar-refractivity contribution < 1.29 is 9.53 Å². The number of aromatic nitrogens is 6. The highest BCUT2D eigenvalue weighted by molar-refractivity contribution is 5.87. The summed E-state index contributed by atoms with van der Waals surface area (Å²) >= 11 is 0. The number of carbonyl (C=O) groups is 1. The van der Waals surface area contributed by atoms with Crippen molar-refractivity contribution in [3.8, 4) is 28.3 Å². The average Bonchev–Trinajstić information content (AvgIpc) is 3.62. The molecule has 9 heteroatoms. The lowest BCUT2D eigenvalue weighted by atomic mass is 10.0. The van der Waals surface area contributed by atoms with Crippen LogP contribution in [0.5, 0.6) is 5.75 Å². The lowest BCUT2D eigenvalue weighted by Gasteiger charge is -2.12. The van der Waals surface area contributed by atoms with Gasteiger partial charge in [0.1, 0.15) is 22.8 Å². The second kappa shape index (κ2) is 9.86. The van der Waals surface area contributed by atoms with Gasteiger partial charge in [0.05, 0.1) is 31.4 Å². The Kier molecular flexibility index (Phi) is 6.08. The van der Waals surface area contributed by atoms with Crippen molar-refractivity contribution in [2.45, 2.75) is 13.5 Å². The van der Waals surface area contributed by atoms with E-state index in [4.69, 9.17) is 14.8 Å². The van der Waals surface area contributed by atoms with Crippen LogP contribution in [0.15, 0.2) is 96.3 Å². The fraction of sp³-hybridized carbons (Fsp3) is 0.100. The summed E-state index contributed by atoms with van der Waals surface area (Å²) in [5.74, 6) is 1.24. The summed E-state index contributed by atoms with van der Waals surface area (Å²) in [5, 5.41) is 4.82. The van der Waals surface area contributed by atoms with E-state index >= 15 is 0 Å². The molecule has 0 N–H and O–H groups in total. The zero-order valence-corrected chi connectivity index (χ0v) is 21.4. The number of imidazole rings is 1. The summed E-state index contributed by atoms with van der Waals surface area (Å²) in [4.78, 5) is 34.6. The van der Waals surface area contributed by atoms with Gasteiger partial charge in [0.25, 0.3) is 5.56 Å². The molecule has 0 fully saturated rings. The molecule has 6 rings (SSSR count). The number of hydrogen-bond acceptors (Lipinski definition) is 6. The molecule has 0 saturated carbocycles. The van der Waals surface area contributed by atoms with Crippen LogP contribution < -0.4 is 10.3 Å². The lowest BCUT2D eigenvalue weighted by Crippen LogP contribution is -2.24. The minimum Gasteiger partial charge on any atom is -0.497 e. The van der Waals surface area contributed by atoms with E-state index in [0.717, 1.165) is 17.4 Å². The Morgan fingerprint density at radius 3 is 2.38 bits per heavy atom. The van der Waals surface area contributed by atoms with Crippen LogP contribution >= 0.6 is 0 Å². The second-order valence-corrected chi connectivity index (χ2v) is 9.04. The van der Waals surface area contributed by atoms with Crippen LogP contribution in [-0.2, 0) is 6.54 Å². The third-order valence-electron chi connectivity index (χ3n) is 6.67. The van der Waals surface area contributed by atoms with Crippen molar-refractivity contribution in [1.82, 2.24) is 28.9 Å². The smallest absolute Gasteiger partial charge is 0.284 e. The van der Waals surface area contributed by atoms with E-state index in [9.17, 15) is 9.59 Å². The molecule has 0 saturated heterocycles. The fourth-order valence-electron chi connectivity index (χ4n) is 4.76. The minimum atomic E-state index is -0.237. The van der Waals surface area contributed by atoms with Gasteiger partial charge in [-0.2, -0.15) is 5.10 Å². The molecule has 0 amide bonds. The van der Waals surface area contributed by atoms with E-state index in [0.29, 0.717) is 51.8 Å². The van der Waals surface area contributed by atoms with E-state index in [1.807, 2.05) is 84.4 Å². The molecule has 0 radical (unpaired) electrons. The molecule has 0 unspecified atom stereocenters. The maximum Gasteiger partial charge on any atom is 0.284 e. The molecule has 39 heavy (non-hydrogen) atoms. The second-order valence-electron chi connectivity index (χ2n) is 9.04. The summed E-state index contributed by atoms with van der Waals surface area (Å²) in [5.41, 5.74) is 5.03. The quantitative estimate of drug-likeness (QED) is 0.288. The Hall–Kier alpha value is -5.31. The Morgan fingerprint density at radius 1 is 0.949 bits per heavy atom. The number of nitrogens with zero attached hydrogens (tertiary/aromatic N) is 6. The SMILES string of the molecule is COc1ccc(-n2nc(Cn3ccnc3)c3nc(C)n(-c4ccc(-c5ccccc5C=O)cc4)c(=O)c32)cc1. The largest absolute Gasteiger partial charge is 0.497 e. The molecule has 3 aromatic carbocycles. The first-order valence-corrected chi connectivity index (χ1v) is 12.3. The van der Waals surface area contributed by atoms with E-state index < -0.39 is 0 Å². The first kappa shape index (κ1) is 24.1. The van der Waals surface area contributed by atoms with Crippen LogP contribution in [0.2, 0.25) is 0 Å². The van der Waals surface area contributed by atoms with Gasteiger partial charge >= 0.3 is 0 Å². The summed E-state index contributed by atoms with van der Waals surface area (Å²) in [6.45, 7) is 2.22. The Morgan fingerprint density at radius 2 is 1.69 bits per heavy atom. The first-order valence-electron chi connectivity index (χ1n) is 12.3. The van der Waals surface area contributed by atoms with Crippen molar-refractivity contribution >= 4 is 17.3 Å². The molecule has 192 valence electrons. The Balaban J connectivity index is 1.52. The molecule has 0 aliphatic heterocycles. The number of rotatable bonds is 7. The molecule has 0 aliphatic carbocycles. The van der Waals surface area contributed by atoms with Crippen molar-refractivity contribution in [2.24, 2.45) is 0 Å². The predicted molar refractivity (Wildman–Crippen MR) is 148 cm³/mol. The Bertz CT molecular complexity index is 1850. The van der Waals surface area contributed by atoms with E-state index in [2.05, 4.69) is 4.98 Å². The van der Waals surface area contributed by atoms with E-state index in [1.165, 1.54) is 0 Å². The molecule has 6 aromatic rings. The average molecular weight is 517 g/mol. The third kappa shape index (κ3) is 4.29. The summed E-state index contributed by atoms with van der Waals surface area (Å²) in [7, 11) is 1.61. The number of ether oxygens (including phenoxy) is 1. The summed E-state index contributed by atoms with van der Waals surface area (Å²) in [6.07, 6.45) is 6.09. The highest BCUT2D eigenvalue weighted by atomic mass is 16.5. The van der Waals surface area contributed by atoms with Crippen LogP contribution in [0.3, 0.4) is 0 Å². The topological polar surface area (TPSA) is 96.8 Å². The van der Waals surface area contributed by atoms with E-state index in [-0.39, 0.29) is 5.56 Å². The van der Waals surface area contributed by atoms with Gasteiger partial charge in [-0.3, -0.25) is 14.2 Å². The predicted octanol–water partition coefficient (Wildman–Crippen LogP) is 4.61. The monoisotopic (exact) mass is 516 g/mol. The maximum absolute atomic E-state index is 14.1. The molecule has 3 heterocycles. The van der Waals surface area contributed by atoms with Crippen molar-refractivity contribution in [3.05, 3.63) is 119 Å². The molecule has 9 nitrogen and oxygen atoms in total. The minimum absolute atomic E-state index is 0.237. The molecule has 0 aliphatic rings. The summed E-state index contributed by atoms with van der Waals surface area (Å²) < 4.78 is 10.4. The number of aryl methyl sites for hydroxylation is 1. The number of aldehydes is 1. The van der Waals surface area contributed by atoms with Gasteiger partial charge in [-0.15, -0.1) is 0 Å². The number of carbonyl (C=O) groups excluding carboxylic acids is 1. The van der Waals surface area contributed by atoms with Crippen molar-refractivity contribution in [2.75, 3.05) is 7.11 Å². The molecule has 3 aromatic heterocycles. The van der Waals surface area contributed by atoms with Gasteiger partial charge < -0.3 is 9.30 Å². The highest BCUT2D eigenvalue weighted by Crippen LogP contribution is 2.26. The molecular formula is C30H24N6O3. The van der Waals surface area contributed by atoms with Gasteiger partial charge in [-0.1, -0.05) is 36.4 Å². The van der Waals surface area contributed by atoms with Crippen molar-refractivity contribution in [3.63, 3.8) is 0 Å². The van der Waals surface area contributed by atoms with Crippen LogP contribution in [-0.4, -0.2) is 42.3 Å². The molecular weight excluding hydrogens is 492 g/mol. The van der Waals surface area contributed by atoms with Gasteiger partial charge in [-0.25, -0.2) is 14.6 Å². The Labute approximate surface area is 223 Å². The zero-order chi connectivity index (χ0) is 26.9. The third-order valence-corrected chi connectivity index (χ3v) is 6.67. The fourth-order valence-corrected chi connectivity index (χ4v) is 4.76. The lowest BCUT2D eigenvalue weighted by molar-refractivity contribution is 0.112. The van der Waals surface area contributed by atoms with Gasteiger partial charge in [0, 0.05) is 18.0 Å². The molecule has 0 spiro atoms. The maximum atomic E-state index is 14.1. The van der Waals surface area contributed by atoms with Gasteiger partial charge in [0.15, 0.2) is 11.8 Å². The number of benzene rings is 3.